The van der Waals surface area contributed by atoms with Gasteiger partial charge in [0.2, 0.25) is 0 Å². The summed E-state index contributed by atoms with van der Waals surface area (Å²) in [6, 6.07) is 9.86. The highest BCUT2D eigenvalue weighted by atomic mass is 19.4. The van der Waals surface area contributed by atoms with E-state index in [2.05, 4.69) is 32.1 Å². The smallest absolute Gasteiger partial charge is 0.475 e. The Balaban J connectivity index is 0.000000383. The number of hydrogen-bond donors (Lipinski definition) is 2. The molecule has 1 aromatic carbocycles. The number of rotatable bonds is 3. The Morgan fingerprint density at radius 1 is 1.06 bits per heavy atom. The molecule has 3 aromatic rings. The highest BCUT2D eigenvalue weighted by Gasteiger charge is 2.38. The van der Waals surface area contributed by atoms with E-state index in [9.17, 15) is 18.0 Å². The molecule has 1 fully saturated rings. The van der Waals surface area contributed by atoms with Crippen LogP contribution in [0.1, 0.15) is 10.5 Å². The minimum atomic E-state index is -5.08. The largest absolute Gasteiger partial charge is 0.490 e. The number of benzene rings is 1. The molecule has 9 nitrogen and oxygen atoms in total. The lowest BCUT2D eigenvalue weighted by Gasteiger charge is -2.32. The topological polar surface area (TPSA) is 115 Å². The molecule has 4 rings (SSSR count). The number of carboxylic acid groups (broad SMARTS) is 1. The maximum atomic E-state index is 12.7. The van der Waals surface area contributed by atoms with E-state index in [1.807, 2.05) is 35.2 Å². The molecule has 1 saturated heterocycles. The van der Waals surface area contributed by atoms with Gasteiger partial charge in [-0.05, 0) is 19.2 Å². The van der Waals surface area contributed by atoms with Gasteiger partial charge in [0.15, 0.2) is 0 Å². The van der Waals surface area contributed by atoms with Crippen molar-refractivity contribution < 1.29 is 27.9 Å². The second-order valence-electron chi connectivity index (χ2n) is 7.24. The Morgan fingerprint density at radius 2 is 1.73 bits per heavy atom. The Hall–Kier alpha value is -3.80. The number of amides is 1. The molecule has 0 unspecified atom stereocenters. The van der Waals surface area contributed by atoms with Gasteiger partial charge in [-0.15, -0.1) is 0 Å². The van der Waals surface area contributed by atoms with Crippen LogP contribution < -0.4 is 0 Å². The van der Waals surface area contributed by atoms with E-state index in [0.29, 0.717) is 11.4 Å². The van der Waals surface area contributed by atoms with Gasteiger partial charge < -0.3 is 14.9 Å². The SMILES string of the molecule is CN1CCN(C(=O)c2cncc(-c3cccc(-c4ccn[nH]4)c3)n2)CC1.O=C(O)C(F)(F)F. The molecule has 33 heavy (non-hydrogen) atoms. The quantitative estimate of drug-likeness (QED) is 0.615. The van der Waals surface area contributed by atoms with Crippen LogP contribution in [0.15, 0.2) is 48.9 Å². The molecular formula is C21H21F3N6O3. The number of hydrogen-bond acceptors (Lipinski definition) is 6. The van der Waals surface area contributed by atoms with Crippen LogP contribution in [-0.2, 0) is 4.79 Å². The predicted octanol–water partition coefficient (Wildman–Crippen LogP) is 2.55. The molecule has 1 aliphatic heterocycles. The van der Waals surface area contributed by atoms with Crippen LogP contribution in [0.3, 0.4) is 0 Å². The van der Waals surface area contributed by atoms with Crippen LogP contribution in [0.5, 0.6) is 0 Å². The Labute approximate surface area is 186 Å². The van der Waals surface area contributed by atoms with E-state index in [0.717, 1.165) is 43.0 Å². The van der Waals surface area contributed by atoms with Crippen molar-refractivity contribution in [1.82, 2.24) is 30.0 Å². The second-order valence-corrected chi connectivity index (χ2v) is 7.24. The van der Waals surface area contributed by atoms with E-state index in [-0.39, 0.29) is 5.91 Å². The van der Waals surface area contributed by atoms with E-state index in [1.165, 1.54) is 0 Å². The van der Waals surface area contributed by atoms with Crippen molar-refractivity contribution in [2.75, 3.05) is 33.2 Å². The first-order valence-electron chi connectivity index (χ1n) is 9.85. The van der Waals surface area contributed by atoms with Crippen molar-refractivity contribution in [3.05, 3.63) is 54.6 Å². The van der Waals surface area contributed by atoms with Gasteiger partial charge in [-0.25, -0.2) is 9.78 Å². The molecule has 12 heteroatoms. The number of aromatic nitrogens is 4. The van der Waals surface area contributed by atoms with E-state index >= 15 is 0 Å². The zero-order valence-corrected chi connectivity index (χ0v) is 17.6. The van der Waals surface area contributed by atoms with E-state index in [4.69, 9.17) is 9.90 Å². The fourth-order valence-corrected chi connectivity index (χ4v) is 3.04. The molecule has 0 saturated carbocycles. The van der Waals surface area contributed by atoms with Gasteiger partial charge in [0, 0.05) is 43.5 Å². The molecule has 0 radical (unpaired) electrons. The highest BCUT2D eigenvalue weighted by molar-refractivity contribution is 5.92. The van der Waals surface area contributed by atoms with Gasteiger partial charge in [0.05, 0.1) is 23.8 Å². The van der Waals surface area contributed by atoms with Crippen molar-refractivity contribution in [2.45, 2.75) is 6.18 Å². The third-order valence-electron chi connectivity index (χ3n) is 4.86. The van der Waals surface area contributed by atoms with E-state index < -0.39 is 12.1 Å². The normalized spacial score (nSPS) is 14.4. The molecule has 2 N–H and O–H groups in total. The average molecular weight is 462 g/mol. The molecule has 0 atom stereocenters. The lowest BCUT2D eigenvalue weighted by atomic mass is 10.1. The summed E-state index contributed by atoms with van der Waals surface area (Å²) in [5.74, 6) is -2.82. The maximum absolute atomic E-state index is 12.7. The van der Waals surface area contributed by atoms with Gasteiger partial charge >= 0.3 is 12.1 Å². The molecule has 1 amide bonds. The zero-order valence-electron chi connectivity index (χ0n) is 17.6. The number of likely N-dealkylation sites (N-methyl/N-ethyl adjacent to an activating group) is 1. The van der Waals surface area contributed by atoms with Crippen LogP contribution >= 0.6 is 0 Å². The maximum Gasteiger partial charge on any atom is 0.490 e. The molecular weight excluding hydrogens is 441 g/mol. The average Bonchev–Trinajstić information content (AvgIpc) is 3.34. The predicted molar refractivity (Wildman–Crippen MR) is 112 cm³/mol. The third kappa shape index (κ3) is 6.35. The summed E-state index contributed by atoms with van der Waals surface area (Å²) >= 11 is 0. The van der Waals surface area contributed by atoms with Gasteiger partial charge in [-0.1, -0.05) is 18.2 Å². The number of alkyl halides is 3. The Kier molecular flexibility index (Phi) is 7.38. The van der Waals surface area contributed by atoms with Crippen molar-refractivity contribution in [3.8, 4) is 22.5 Å². The number of carboxylic acids is 1. The van der Waals surface area contributed by atoms with Gasteiger partial charge in [-0.2, -0.15) is 18.3 Å². The number of H-pyrrole nitrogens is 1. The second kappa shape index (κ2) is 10.2. The summed E-state index contributed by atoms with van der Waals surface area (Å²) in [5.41, 5.74) is 3.94. The van der Waals surface area contributed by atoms with Crippen LogP contribution in [-0.4, -0.2) is 86.4 Å². The standard InChI is InChI=1S/C19H20N6O.C2HF3O2/c1-24-7-9-25(10-8-24)19(26)18-13-20-12-17(22-18)15-4-2-3-14(11-15)16-5-6-21-23-16;3-2(4,5)1(6)7/h2-6,11-13H,7-10H2,1H3,(H,21,23);(H,6,7). The Morgan fingerprint density at radius 3 is 2.33 bits per heavy atom. The highest BCUT2D eigenvalue weighted by Crippen LogP contribution is 2.24. The summed E-state index contributed by atoms with van der Waals surface area (Å²) in [7, 11) is 2.06. The Bertz CT molecular complexity index is 1100. The molecule has 0 spiro atoms. The van der Waals surface area contributed by atoms with Gasteiger partial charge in [0.25, 0.3) is 5.91 Å². The van der Waals surface area contributed by atoms with Crippen molar-refractivity contribution in [2.24, 2.45) is 0 Å². The van der Waals surface area contributed by atoms with Crippen LogP contribution in [0.2, 0.25) is 0 Å². The molecule has 0 aliphatic carbocycles. The monoisotopic (exact) mass is 462 g/mol. The molecule has 0 bridgehead atoms. The summed E-state index contributed by atoms with van der Waals surface area (Å²) in [5, 5.41) is 14.1. The van der Waals surface area contributed by atoms with Crippen LogP contribution in [0.4, 0.5) is 13.2 Å². The lowest BCUT2D eigenvalue weighted by molar-refractivity contribution is -0.192. The summed E-state index contributed by atoms with van der Waals surface area (Å²) in [6.07, 6.45) is -0.132. The van der Waals surface area contributed by atoms with Crippen LogP contribution in [0.25, 0.3) is 22.5 Å². The number of nitrogens with one attached hydrogen (secondary N) is 1. The molecule has 174 valence electrons. The number of nitrogens with zero attached hydrogens (tertiary/aromatic N) is 5. The van der Waals surface area contributed by atoms with Crippen molar-refractivity contribution in [3.63, 3.8) is 0 Å². The first-order valence-corrected chi connectivity index (χ1v) is 9.85. The number of aliphatic carboxylic acids is 1. The zero-order chi connectivity index (χ0) is 24.0. The number of carbonyl (C=O) groups is 2. The lowest BCUT2D eigenvalue weighted by Crippen LogP contribution is -2.47. The molecule has 2 aromatic heterocycles. The fraction of sp³-hybridized carbons (Fsp3) is 0.286. The minimum Gasteiger partial charge on any atom is -0.475 e. The third-order valence-corrected chi connectivity index (χ3v) is 4.86. The van der Waals surface area contributed by atoms with Gasteiger partial charge in [-0.3, -0.25) is 14.9 Å². The first kappa shape index (κ1) is 23.9. The number of aromatic amines is 1. The summed E-state index contributed by atoms with van der Waals surface area (Å²) < 4.78 is 31.7. The summed E-state index contributed by atoms with van der Waals surface area (Å²) in [6.45, 7) is 3.20. The number of carbonyl (C=O) groups excluding carboxylic acids is 1. The van der Waals surface area contributed by atoms with Crippen molar-refractivity contribution >= 4 is 11.9 Å². The summed E-state index contributed by atoms with van der Waals surface area (Å²) in [4.78, 5) is 34.5. The fourth-order valence-electron chi connectivity index (χ4n) is 3.04. The van der Waals surface area contributed by atoms with E-state index in [1.54, 1.807) is 18.6 Å². The number of piperazine rings is 1. The van der Waals surface area contributed by atoms with Crippen molar-refractivity contribution in [1.29, 1.82) is 0 Å². The van der Waals surface area contributed by atoms with Crippen LogP contribution in [0, 0.1) is 0 Å². The minimum absolute atomic E-state index is 0.0582. The van der Waals surface area contributed by atoms with Gasteiger partial charge in [0.1, 0.15) is 5.69 Å². The molecule has 3 heterocycles. The number of halogens is 3. The first-order chi connectivity index (χ1) is 15.6. The molecule has 1 aliphatic rings.